The molecule has 0 aliphatic rings. The molecule has 21 heavy (non-hydrogen) atoms. The summed E-state index contributed by atoms with van der Waals surface area (Å²) in [5.74, 6) is -0.129. The molecule has 112 valence electrons. The number of hydrogen-bond acceptors (Lipinski definition) is 2. The van der Waals surface area contributed by atoms with Gasteiger partial charge in [-0.25, -0.2) is 4.39 Å². The highest BCUT2D eigenvalue weighted by atomic mass is 35.5. The molecule has 1 atom stereocenters. The van der Waals surface area contributed by atoms with Gasteiger partial charge in [-0.3, -0.25) is 0 Å². The van der Waals surface area contributed by atoms with E-state index in [0.717, 1.165) is 5.56 Å². The number of rotatable bonds is 5. The summed E-state index contributed by atoms with van der Waals surface area (Å²) >= 11 is 12.4. The zero-order valence-electron chi connectivity index (χ0n) is 11.8. The normalized spacial score (nSPS) is 12.2. The Bertz CT molecular complexity index is 613. The van der Waals surface area contributed by atoms with Gasteiger partial charge < -0.3 is 10.1 Å². The molecule has 2 aromatic carbocycles. The van der Waals surface area contributed by atoms with Gasteiger partial charge in [-0.15, -0.1) is 0 Å². The second kappa shape index (κ2) is 7.12. The summed E-state index contributed by atoms with van der Waals surface area (Å²) in [5, 5.41) is 4.26. The zero-order valence-corrected chi connectivity index (χ0v) is 13.3. The van der Waals surface area contributed by atoms with Gasteiger partial charge in [0.1, 0.15) is 0 Å². The second-order valence-electron chi connectivity index (χ2n) is 4.61. The van der Waals surface area contributed by atoms with Crippen LogP contribution in [0.2, 0.25) is 10.0 Å². The van der Waals surface area contributed by atoms with Crippen molar-refractivity contribution in [1.82, 2.24) is 5.32 Å². The van der Waals surface area contributed by atoms with Crippen LogP contribution in [0.5, 0.6) is 5.75 Å². The van der Waals surface area contributed by atoms with Crippen LogP contribution in [0.15, 0.2) is 36.4 Å². The number of ether oxygens (including phenoxy) is 1. The van der Waals surface area contributed by atoms with Gasteiger partial charge in [-0.2, -0.15) is 0 Å². The molecule has 2 rings (SSSR count). The minimum absolute atomic E-state index is 0.187. The highest BCUT2D eigenvalue weighted by molar-refractivity contribution is 6.36. The van der Waals surface area contributed by atoms with Crippen molar-refractivity contribution in [2.45, 2.75) is 12.5 Å². The lowest BCUT2D eigenvalue weighted by atomic mass is 9.98. The van der Waals surface area contributed by atoms with Gasteiger partial charge in [-0.1, -0.05) is 41.4 Å². The first kappa shape index (κ1) is 16.1. The summed E-state index contributed by atoms with van der Waals surface area (Å²) in [5.41, 5.74) is 1.32. The molecule has 0 aromatic heterocycles. The molecule has 0 aliphatic heterocycles. The van der Waals surface area contributed by atoms with E-state index in [4.69, 9.17) is 27.9 Å². The molecule has 0 aliphatic carbocycles. The van der Waals surface area contributed by atoms with E-state index in [-0.39, 0.29) is 17.6 Å². The fraction of sp³-hybridized carbons (Fsp3) is 0.250. The topological polar surface area (TPSA) is 21.3 Å². The number of nitrogens with one attached hydrogen (secondary N) is 1. The molecule has 2 aromatic rings. The Hall–Kier alpha value is -1.29. The largest absolute Gasteiger partial charge is 0.494 e. The minimum atomic E-state index is -0.358. The molecular weight excluding hydrogens is 312 g/mol. The molecule has 0 saturated carbocycles. The SMILES string of the molecule is CNC(Cc1cccc(OC)c1F)c1c(Cl)cccc1Cl. The standard InChI is InChI=1S/C16H16Cl2FNO/c1-20-13(15-11(17)6-4-7-12(15)18)9-10-5-3-8-14(21-2)16(10)19/h3-8,13,20H,9H2,1-2H3. The summed E-state index contributed by atoms with van der Waals surface area (Å²) in [4.78, 5) is 0. The molecule has 0 saturated heterocycles. The Morgan fingerprint density at radius 2 is 1.76 bits per heavy atom. The maximum Gasteiger partial charge on any atom is 0.168 e. The van der Waals surface area contributed by atoms with Gasteiger partial charge in [0, 0.05) is 21.7 Å². The summed E-state index contributed by atoms with van der Waals surface area (Å²) in [7, 11) is 3.24. The van der Waals surface area contributed by atoms with Gasteiger partial charge in [0.2, 0.25) is 0 Å². The van der Waals surface area contributed by atoms with Crippen molar-refractivity contribution in [1.29, 1.82) is 0 Å². The van der Waals surface area contributed by atoms with Crippen molar-refractivity contribution < 1.29 is 9.13 Å². The van der Waals surface area contributed by atoms with E-state index in [0.29, 0.717) is 22.0 Å². The Morgan fingerprint density at radius 3 is 2.33 bits per heavy atom. The smallest absolute Gasteiger partial charge is 0.168 e. The van der Waals surface area contributed by atoms with Gasteiger partial charge in [0.25, 0.3) is 0 Å². The molecule has 0 heterocycles. The predicted octanol–water partition coefficient (Wildman–Crippen LogP) is 4.64. The lowest BCUT2D eigenvalue weighted by Gasteiger charge is -2.20. The van der Waals surface area contributed by atoms with E-state index in [2.05, 4.69) is 5.32 Å². The molecule has 1 N–H and O–H groups in total. The third-order valence-corrected chi connectivity index (χ3v) is 4.04. The Morgan fingerprint density at radius 1 is 1.14 bits per heavy atom. The first-order valence-electron chi connectivity index (χ1n) is 6.51. The van der Waals surface area contributed by atoms with Crippen LogP contribution in [-0.4, -0.2) is 14.2 Å². The van der Waals surface area contributed by atoms with E-state index < -0.39 is 0 Å². The van der Waals surface area contributed by atoms with Gasteiger partial charge >= 0.3 is 0 Å². The molecule has 2 nitrogen and oxygen atoms in total. The summed E-state index contributed by atoms with van der Waals surface area (Å²) in [6.07, 6.45) is 0.420. The Labute approximate surface area is 133 Å². The third kappa shape index (κ3) is 3.49. The van der Waals surface area contributed by atoms with Crippen LogP contribution < -0.4 is 10.1 Å². The van der Waals surface area contributed by atoms with Crippen LogP contribution in [0.4, 0.5) is 4.39 Å². The molecule has 0 spiro atoms. The fourth-order valence-electron chi connectivity index (χ4n) is 2.28. The first-order chi connectivity index (χ1) is 10.1. The number of hydrogen-bond donors (Lipinski definition) is 1. The minimum Gasteiger partial charge on any atom is -0.494 e. The quantitative estimate of drug-likeness (QED) is 0.863. The average molecular weight is 328 g/mol. The molecule has 1 unspecified atom stereocenters. The Kier molecular flexibility index (Phi) is 5.45. The van der Waals surface area contributed by atoms with E-state index in [1.165, 1.54) is 7.11 Å². The molecular formula is C16H16Cl2FNO. The van der Waals surface area contributed by atoms with Crippen LogP contribution in [0, 0.1) is 5.82 Å². The van der Waals surface area contributed by atoms with Crippen LogP contribution in [0.25, 0.3) is 0 Å². The maximum atomic E-state index is 14.3. The summed E-state index contributed by atoms with van der Waals surface area (Å²) < 4.78 is 19.3. The van der Waals surface area contributed by atoms with Crippen molar-refractivity contribution in [3.63, 3.8) is 0 Å². The van der Waals surface area contributed by atoms with Crippen molar-refractivity contribution in [2.24, 2.45) is 0 Å². The molecule has 5 heteroatoms. The Balaban J connectivity index is 2.36. The van der Waals surface area contributed by atoms with Gasteiger partial charge in [-0.05, 0) is 37.2 Å². The summed E-state index contributed by atoms with van der Waals surface area (Å²) in [6.45, 7) is 0. The van der Waals surface area contributed by atoms with Crippen LogP contribution in [-0.2, 0) is 6.42 Å². The van der Waals surface area contributed by atoms with Crippen LogP contribution in [0.1, 0.15) is 17.2 Å². The van der Waals surface area contributed by atoms with Crippen LogP contribution in [0.3, 0.4) is 0 Å². The van der Waals surface area contributed by atoms with Crippen molar-refractivity contribution in [2.75, 3.05) is 14.2 Å². The molecule has 0 fully saturated rings. The lowest BCUT2D eigenvalue weighted by Crippen LogP contribution is -2.20. The number of benzene rings is 2. The monoisotopic (exact) mass is 327 g/mol. The van der Waals surface area contributed by atoms with E-state index in [1.807, 2.05) is 0 Å². The maximum absolute atomic E-state index is 14.3. The van der Waals surface area contributed by atoms with E-state index in [1.54, 1.807) is 43.4 Å². The van der Waals surface area contributed by atoms with E-state index >= 15 is 0 Å². The molecule has 0 bridgehead atoms. The van der Waals surface area contributed by atoms with Crippen LogP contribution >= 0.6 is 23.2 Å². The third-order valence-electron chi connectivity index (χ3n) is 3.38. The van der Waals surface area contributed by atoms with Gasteiger partial charge in [0.15, 0.2) is 11.6 Å². The molecule has 0 amide bonds. The number of halogens is 3. The number of likely N-dealkylation sites (N-methyl/N-ethyl adjacent to an activating group) is 1. The number of methoxy groups -OCH3 is 1. The second-order valence-corrected chi connectivity index (χ2v) is 5.43. The van der Waals surface area contributed by atoms with Crippen molar-refractivity contribution in [3.8, 4) is 5.75 Å². The summed E-state index contributed by atoms with van der Waals surface area (Å²) in [6, 6.07) is 10.2. The zero-order chi connectivity index (χ0) is 15.4. The van der Waals surface area contributed by atoms with Crippen molar-refractivity contribution >= 4 is 23.2 Å². The molecule has 0 radical (unpaired) electrons. The van der Waals surface area contributed by atoms with Crippen molar-refractivity contribution in [3.05, 3.63) is 63.4 Å². The highest BCUT2D eigenvalue weighted by Crippen LogP contribution is 2.33. The highest BCUT2D eigenvalue weighted by Gasteiger charge is 2.19. The average Bonchev–Trinajstić information content (AvgIpc) is 2.47. The fourth-order valence-corrected chi connectivity index (χ4v) is 2.94. The predicted molar refractivity (Wildman–Crippen MR) is 84.9 cm³/mol. The van der Waals surface area contributed by atoms with E-state index in [9.17, 15) is 4.39 Å². The first-order valence-corrected chi connectivity index (χ1v) is 7.26. The lowest BCUT2D eigenvalue weighted by molar-refractivity contribution is 0.383. The van der Waals surface area contributed by atoms with Gasteiger partial charge in [0.05, 0.1) is 7.11 Å².